The van der Waals surface area contributed by atoms with Gasteiger partial charge >= 0.3 is 0 Å². The molecule has 0 unspecified atom stereocenters. The molecule has 0 aromatic heterocycles. The van der Waals surface area contributed by atoms with Crippen LogP contribution in [0, 0.1) is 0 Å². The van der Waals surface area contributed by atoms with Crippen LogP contribution in [0.5, 0.6) is 5.75 Å². The van der Waals surface area contributed by atoms with Crippen molar-refractivity contribution >= 4 is 16.7 Å². The van der Waals surface area contributed by atoms with E-state index in [4.69, 9.17) is 4.74 Å². The molecular weight excluding hydrogens is 252 g/mol. The maximum Gasteiger partial charge on any atom is 0.234 e. The summed E-state index contributed by atoms with van der Waals surface area (Å²) in [6.07, 6.45) is 0. The fourth-order valence-corrected chi connectivity index (χ4v) is 2.01. The number of benzene rings is 2. The van der Waals surface area contributed by atoms with Crippen LogP contribution in [0.1, 0.15) is 12.5 Å². The quantitative estimate of drug-likeness (QED) is 0.846. The Kier molecular flexibility index (Phi) is 4.96. The van der Waals surface area contributed by atoms with Gasteiger partial charge in [0.1, 0.15) is 5.75 Å². The van der Waals surface area contributed by atoms with Gasteiger partial charge in [0.05, 0.1) is 13.7 Å². The van der Waals surface area contributed by atoms with Gasteiger partial charge in [-0.1, -0.05) is 25.1 Å². The molecule has 0 aliphatic rings. The van der Waals surface area contributed by atoms with Crippen LogP contribution in [0.15, 0.2) is 36.4 Å². The number of carbonyl (C=O) groups is 1. The molecule has 0 radical (unpaired) electrons. The van der Waals surface area contributed by atoms with Crippen LogP contribution < -0.4 is 15.4 Å². The van der Waals surface area contributed by atoms with Gasteiger partial charge < -0.3 is 15.4 Å². The first-order chi connectivity index (χ1) is 9.72. The Hall–Kier alpha value is -2.07. The molecule has 4 heteroatoms. The van der Waals surface area contributed by atoms with E-state index >= 15 is 0 Å². The lowest BCUT2D eigenvalue weighted by atomic mass is 10.1. The van der Waals surface area contributed by atoms with E-state index in [0.717, 1.165) is 28.6 Å². The molecule has 2 rings (SSSR count). The van der Waals surface area contributed by atoms with Crippen LogP contribution in [0.2, 0.25) is 0 Å². The number of fused-ring (bicyclic) bond motifs is 1. The highest BCUT2D eigenvalue weighted by Crippen LogP contribution is 2.21. The monoisotopic (exact) mass is 272 g/mol. The Morgan fingerprint density at radius 2 is 1.90 bits per heavy atom. The summed E-state index contributed by atoms with van der Waals surface area (Å²) in [6.45, 7) is 3.68. The lowest BCUT2D eigenvalue weighted by Gasteiger charge is -2.08. The second-order valence-corrected chi connectivity index (χ2v) is 4.60. The number of methoxy groups -OCH3 is 1. The molecule has 106 valence electrons. The second-order valence-electron chi connectivity index (χ2n) is 4.60. The molecule has 0 atom stereocenters. The number of hydrogen-bond donors (Lipinski definition) is 2. The van der Waals surface area contributed by atoms with Gasteiger partial charge in [-0.25, -0.2) is 0 Å². The molecular formula is C16H20N2O2. The van der Waals surface area contributed by atoms with Crippen LogP contribution in [-0.4, -0.2) is 26.1 Å². The van der Waals surface area contributed by atoms with Crippen molar-refractivity contribution in [3.63, 3.8) is 0 Å². The summed E-state index contributed by atoms with van der Waals surface area (Å²) in [5.74, 6) is 0.867. The smallest absolute Gasteiger partial charge is 0.234 e. The first-order valence-electron chi connectivity index (χ1n) is 6.77. The molecule has 20 heavy (non-hydrogen) atoms. The summed E-state index contributed by atoms with van der Waals surface area (Å²) < 4.78 is 5.21. The summed E-state index contributed by atoms with van der Waals surface area (Å²) in [6, 6.07) is 12.1. The summed E-state index contributed by atoms with van der Waals surface area (Å²) >= 11 is 0. The number of carbonyl (C=O) groups excluding carboxylic acids is 1. The number of ether oxygens (including phenoxy) is 1. The maximum absolute atomic E-state index is 11.5. The highest BCUT2D eigenvalue weighted by Gasteiger charge is 2.02. The largest absolute Gasteiger partial charge is 0.497 e. The molecule has 2 aromatic carbocycles. The molecule has 1 amide bonds. The topological polar surface area (TPSA) is 50.4 Å². The first kappa shape index (κ1) is 14.3. The third kappa shape index (κ3) is 3.71. The van der Waals surface area contributed by atoms with E-state index in [0.29, 0.717) is 13.1 Å². The average molecular weight is 272 g/mol. The summed E-state index contributed by atoms with van der Waals surface area (Å²) in [4.78, 5) is 11.5. The van der Waals surface area contributed by atoms with Crippen molar-refractivity contribution in [3.8, 4) is 5.75 Å². The van der Waals surface area contributed by atoms with Crippen molar-refractivity contribution in [2.45, 2.75) is 13.5 Å². The van der Waals surface area contributed by atoms with Crippen LogP contribution in [0.3, 0.4) is 0 Å². The Morgan fingerprint density at radius 1 is 1.15 bits per heavy atom. The van der Waals surface area contributed by atoms with Gasteiger partial charge in [0.15, 0.2) is 0 Å². The molecule has 2 N–H and O–H groups in total. The number of rotatable bonds is 6. The van der Waals surface area contributed by atoms with Gasteiger partial charge in [-0.05, 0) is 41.1 Å². The van der Waals surface area contributed by atoms with Gasteiger partial charge in [-0.3, -0.25) is 4.79 Å². The van der Waals surface area contributed by atoms with Crippen molar-refractivity contribution < 1.29 is 9.53 Å². The van der Waals surface area contributed by atoms with E-state index in [2.05, 4.69) is 16.7 Å². The van der Waals surface area contributed by atoms with Gasteiger partial charge in [0.25, 0.3) is 0 Å². The maximum atomic E-state index is 11.5. The lowest BCUT2D eigenvalue weighted by molar-refractivity contribution is -0.120. The molecule has 0 heterocycles. The van der Waals surface area contributed by atoms with Crippen LogP contribution in [0.25, 0.3) is 10.8 Å². The van der Waals surface area contributed by atoms with E-state index in [-0.39, 0.29) is 5.91 Å². The van der Waals surface area contributed by atoms with Crippen LogP contribution in [-0.2, 0) is 11.3 Å². The van der Waals surface area contributed by atoms with E-state index < -0.39 is 0 Å². The minimum Gasteiger partial charge on any atom is -0.497 e. The van der Waals surface area contributed by atoms with E-state index in [1.807, 2.05) is 37.3 Å². The molecule has 0 bridgehead atoms. The zero-order valence-electron chi connectivity index (χ0n) is 11.9. The van der Waals surface area contributed by atoms with Crippen LogP contribution >= 0.6 is 0 Å². The molecule has 2 aromatic rings. The Labute approximate surface area is 119 Å². The van der Waals surface area contributed by atoms with E-state index in [1.54, 1.807) is 7.11 Å². The van der Waals surface area contributed by atoms with Gasteiger partial charge in [-0.15, -0.1) is 0 Å². The van der Waals surface area contributed by atoms with Crippen molar-refractivity contribution in [1.82, 2.24) is 10.6 Å². The number of nitrogens with one attached hydrogen (secondary N) is 2. The predicted octanol–water partition coefficient (Wildman–Crippen LogP) is 2.07. The fraction of sp³-hybridized carbons (Fsp3) is 0.312. The molecule has 0 spiro atoms. The van der Waals surface area contributed by atoms with Crippen molar-refractivity contribution in [1.29, 1.82) is 0 Å². The number of hydrogen-bond acceptors (Lipinski definition) is 3. The standard InChI is InChI=1S/C16H20N2O2/c1-3-17-11-16(19)18-10-12-4-5-14-9-15(20-2)7-6-13(14)8-12/h4-9,17H,3,10-11H2,1-2H3,(H,18,19). The van der Waals surface area contributed by atoms with Crippen LogP contribution in [0.4, 0.5) is 0 Å². The summed E-state index contributed by atoms with van der Waals surface area (Å²) in [7, 11) is 1.66. The molecule has 0 fully saturated rings. The highest BCUT2D eigenvalue weighted by molar-refractivity contribution is 5.84. The third-order valence-corrected chi connectivity index (χ3v) is 3.14. The molecule has 0 aliphatic heterocycles. The average Bonchev–Trinajstić information content (AvgIpc) is 2.50. The van der Waals surface area contributed by atoms with E-state index in [1.165, 1.54) is 0 Å². The second kappa shape index (κ2) is 6.91. The Balaban J connectivity index is 2.03. The van der Waals surface area contributed by atoms with Crippen molar-refractivity contribution in [2.24, 2.45) is 0 Å². The van der Waals surface area contributed by atoms with Gasteiger partial charge in [-0.2, -0.15) is 0 Å². The first-order valence-corrected chi connectivity index (χ1v) is 6.77. The fourth-order valence-electron chi connectivity index (χ4n) is 2.01. The van der Waals surface area contributed by atoms with Gasteiger partial charge in [0.2, 0.25) is 5.91 Å². The highest BCUT2D eigenvalue weighted by atomic mass is 16.5. The minimum atomic E-state index is 0.0154. The number of amides is 1. The van der Waals surface area contributed by atoms with E-state index in [9.17, 15) is 4.79 Å². The van der Waals surface area contributed by atoms with Gasteiger partial charge in [0, 0.05) is 6.54 Å². The Morgan fingerprint density at radius 3 is 2.65 bits per heavy atom. The zero-order valence-corrected chi connectivity index (χ0v) is 11.9. The predicted molar refractivity (Wildman–Crippen MR) is 80.9 cm³/mol. The molecule has 4 nitrogen and oxygen atoms in total. The molecule has 0 saturated heterocycles. The zero-order chi connectivity index (χ0) is 14.4. The van der Waals surface area contributed by atoms with Crippen molar-refractivity contribution in [2.75, 3.05) is 20.2 Å². The SMILES string of the molecule is CCNCC(=O)NCc1ccc2cc(OC)ccc2c1. The lowest BCUT2D eigenvalue weighted by Crippen LogP contribution is -2.33. The number of likely N-dealkylation sites (N-methyl/N-ethyl adjacent to an activating group) is 1. The molecule has 0 saturated carbocycles. The summed E-state index contributed by atoms with van der Waals surface area (Å²) in [5, 5.41) is 8.17. The Bertz CT molecular complexity index is 596. The minimum absolute atomic E-state index is 0.0154. The van der Waals surface area contributed by atoms with Crippen molar-refractivity contribution in [3.05, 3.63) is 42.0 Å². The molecule has 0 aliphatic carbocycles. The summed E-state index contributed by atoms with van der Waals surface area (Å²) in [5.41, 5.74) is 1.09. The normalized spacial score (nSPS) is 10.5. The third-order valence-electron chi connectivity index (χ3n) is 3.14.